The Kier molecular flexibility index (Phi) is 4.39. The third-order valence-corrected chi connectivity index (χ3v) is 3.31. The molecule has 0 bridgehead atoms. The van der Waals surface area contributed by atoms with Gasteiger partial charge in [0.05, 0.1) is 23.9 Å². The minimum Gasteiger partial charge on any atom is -0.468 e. The van der Waals surface area contributed by atoms with Crippen molar-refractivity contribution in [1.29, 1.82) is 5.26 Å². The topological polar surface area (TPSA) is 66.2 Å². The highest BCUT2D eigenvalue weighted by Gasteiger charge is 2.21. The number of hydrogen-bond donors (Lipinski definition) is 0. The van der Waals surface area contributed by atoms with Crippen LogP contribution in [0.15, 0.2) is 30.5 Å². The van der Waals surface area contributed by atoms with Crippen LogP contribution in [0, 0.1) is 11.3 Å². The SMILES string of the molecule is COC(=O)CN(c1c(C#N)cnc2ccccc12)C(C)C. The van der Waals surface area contributed by atoms with Crippen LogP contribution in [0.2, 0.25) is 0 Å². The number of rotatable bonds is 4. The lowest BCUT2D eigenvalue weighted by Gasteiger charge is -2.29. The largest absolute Gasteiger partial charge is 0.468 e. The molecule has 1 heterocycles. The molecule has 108 valence electrons. The molecule has 21 heavy (non-hydrogen) atoms. The number of esters is 1. The van der Waals surface area contributed by atoms with Crippen LogP contribution in [-0.2, 0) is 9.53 Å². The number of hydrogen-bond acceptors (Lipinski definition) is 5. The Balaban J connectivity index is 2.65. The number of nitrogens with zero attached hydrogens (tertiary/aromatic N) is 3. The van der Waals surface area contributed by atoms with Crippen LogP contribution in [0.3, 0.4) is 0 Å². The van der Waals surface area contributed by atoms with Gasteiger partial charge < -0.3 is 9.64 Å². The van der Waals surface area contributed by atoms with Crippen LogP contribution in [0.4, 0.5) is 5.69 Å². The minimum atomic E-state index is -0.339. The summed E-state index contributed by atoms with van der Waals surface area (Å²) in [4.78, 5) is 17.8. The highest BCUT2D eigenvalue weighted by Crippen LogP contribution is 2.30. The van der Waals surface area contributed by atoms with Crippen LogP contribution >= 0.6 is 0 Å². The molecule has 0 atom stereocenters. The zero-order valence-electron chi connectivity index (χ0n) is 12.3. The van der Waals surface area contributed by atoms with Crippen molar-refractivity contribution in [1.82, 2.24) is 4.98 Å². The molecule has 0 saturated carbocycles. The van der Waals surface area contributed by atoms with Crippen molar-refractivity contribution in [2.75, 3.05) is 18.6 Å². The van der Waals surface area contributed by atoms with Gasteiger partial charge in [-0.05, 0) is 19.9 Å². The van der Waals surface area contributed by atoms with Crippen LogP contribution in [0.25, 0.3) is 10.9 Å². The Hall–Kier alpha value is -2.61. The van der Waals surface area contributed by atoms with Crippen molar-refractivity contribution >= 4 is 22.6 Å². The fraction of sp³-hybridized carbons (Fsp3) is 0.312. The number of aromatic nitrogens is 1. The number of pyridine rings is 1. The van der Waals surface area contributed by atoms with Gasteiger partial charge in [0.15, 0.2) is 0 Å². The van der Waals surface area contributed by atoms with Crippen LogP contribution in [-0.4, -0.2) is 30.6 Å². The summed E-state index contributed by atoms with van der Waals surface area (Å²) in [6.45, 7) is 4.04. The van der Waals surface area contributed by atoms with E-state index in [1.807, 2.05) is 43.0 Å². The average molecular weight is 283 g/mol. The summed E-state index contributed by atoms with van der Waals surface area (Å²) in [7, 11) is 1.36. The highest BCUT2D eigenvalue weighted by atomic mass is 16.5. The first-order valence-electron chi connectivity index (χ1n) is 6.69. The molecule has 0 spiro atoms. The standard InChI is InChI=1S/C16H17N3O2/c1-11(2)19(10-15(20)21-3)16-12(8-17)9-18-14-7-5-4-6-13(14)16/h4-7,9,11H,10H2,1-3H3. The number of ether oxygens (including phenoxy) is 1. The van der Waals surface area contributed by atoms with Crippen LogP contribution in [0.1, 0.15) is 19.4 Å². The van der Waals surface area contributed by atoms with Crippen LogP contribution < -0.4 is 4.90 Å². The Morgan fingerprint density at radius 3 is 2.76 bits per heavy atom. The molecule has 1 aromatic heterocycles. The quantitative estimate of drug-likeness (QED) is 0.806. The van der Waals surface area contributed by atoms with Gasteiger partial charge in [0, 0.05) is 17.6 Å². The Labute approximate surface area is 123 Å². The lowest BCUT2D eigenvalue weighted by molar-refractivity contribution is -0.139. The number of fused-ring (bicyclic) bond motifs is 1. The number of anilines is 1. The van der Waals surface area contributed by atoms with Gasteiger partial charge in [-0.3, -0.25) is 9.78 Å². The molecular weight excluding hydrogens is 266 g/mol. The van der Waals surface area contributed by atoms with Crippen molar-refractivity contribution in [2.24, 2.45) is 0 Å². The summed E-state index contributed by atoms with van der Waals surface area (Å²) < 4.78 is 4.76. The third kappa shape index (κ3) is 2.95. The van der Waals surface area contributed by atoms with Crippen molar-refractivity contribution in [3.8, 4) is 6.07 Å². The second-order valence-corrected chi connectivity index (χ2v) is 4.95. The second-order valence-electron chi connectivity index (χ2n) is 4.95. The van der Waals surface area contributed by atoms with Gasteiger partial charge in [-0.15, -0.1) is 0 Å². The molecule has 0 aliphatic carbocycles. The first kappa shape index (κ1) is 14.8. The lowest BCUT2D eigenvalue weighted by atomic mass is 10.1. The number of carbonyl (C=O) groups is 1. The second kappa shape index (κ2) is 6.23. The summed E-state index contributed by atoms with van der Waals surface area (Å²) in [5.74, 6) is -0.339. The molecule has 0 aliphatic heterocycles. The molecule has 0 aliphatic rings. The van der Waals surface area contributed by atoms with Gasteiger partial charge >= 0.3 is 5.97 Å². The number of para-hydroxylation sites is 1. The monoisotopic (exact) mass is 283 g/mol. The van der Waals surface area contributed by atoms with Crippen molar-refractivity contribution in [3.63, 3.8) is 0 Å². The van der Waals surface area contributed by atoms with E-state index >= 15 is 0 Å². The molecule has 0 unspecified atom stereocenters. The van der Waals surface area contributed by atoms with Gasteiger partial charge in [-0.2, -0.15) is 5.26 Å². The Morgan fingerprint density at radius 2 is 2.14 bits per heavy atom. The van der Waals surface area contributed by atoms with E-state index in [9.17, 15) is 10.1 Å². The van der Waals surface area contributed by atoms with E-state index in [-0.39, 0.29) is 18.6 Å². The molecule has 2 aromatic rings. The van der Waals surface area contributed by atoms with E-state index < -0.39 is 0 Å². The smallest absolute Gasteiger partial charge is 0.325 e. The predicted molar refractivity (Wildman–Crippen MR) is 81.0 cm³/mol. The molecule has 0 N–H and O–H groups in total. The van der Waals surface area contributed by atoms with Crippen molar-refractivity contribution < 1.29 is 9.53 Å². The predicted octanol–water partition coefficient (Wildman–Crippen LogP) is 2.49. The van der Waals surface area contributed by atoms with Gasteiger partial charge in [0.1, 0.15) is 12.6 Å². The lowest BCUT2D eigenvalue weighted by Crippen LogP contribution is -2.37. The fourth-order valence-electron chi connectivity index (χ4n) is 2.24. The summed E-state index contributed by atoms with van der Waals surface area (Å²) in [5.41, 5.74) is 1.97. The molecule has 5 nitrogen and oxygen atoms in total. The highest BCUT2D eigenvalue weighted by molar-refractivity contribution is 5.95. The van der Waals surface area contributed by atoms with Gasteiger partial charge in [-0.25, -0.2) is 0 Å². The maximum absolute atomic E-state index is 11.7. The zero-order valence-corrected chi connectivity index (χ0v) is 12.3. The Morgan fingerprint density at radius 1 is 1.43 bits per heavy atom. The number of carbonyl (C=O) groups excluding carboxylic acids is 1. The molecule has 5 heteroatoms. The summed E-state index contributed by atoms with van der Waals surface area (Å²) in [6.07, 6.45) is 1.55. The van der Waals surface area contributed by atoms with Crippen molar-refractivity contribution in [3.05, 3.63) is 36.0 Å². The number of nitriles is 1. The fourth-order valence-corrected chi connectivity index (χ4v) is 2.24. The van der Waals surface area contributed by atoms with E-state index in [1.54, 1.807) is 6.20 Å². The summed E-state index contributed by atoms with van der Waals surface area (Å²) in [5, 5.41) is 10.2. The third-order valence-electron chi connectivity index (χ3n) is 3.31. The summed E-state index contributed by atoms with van der Waals surface area (Å²) >= 11 is 0. The van der Waals surface area contributed by atoms with E-state index in [0.29, 0.717) is 5.56 Å². The molecule has 1 aromatic carbocycles. The zero-order chi connectivity index (χ0) is 15.4. The molecule has 0 saturated heterocycles. The Bertz CT molecular complexity index is 704. The molecule has 2 rings (SSSR count). The van der Waals surface area contributed by atoms with E-state index in [0.717, 1.165) is 16.6 Å². The number of methoxy groups -OCH3 is 1. The normalized spacial score (nSPS) is 10.4. The first-order chi connectivity index (χ1) is 10.1. The molecule has 0 fully saturated rings. The maximum atomic E-state index is 11.7. The molecule has 0 radical (unpaired) electrons. The molecular formula is C16H17N3O2. The van der Waals surface area contributed by atoms with E-state index in [4.69, 9.17) is 4.74 Å². The van der Waals surface area contributed by atoms with Gasteiger partial charge in [0.25, 0.3) is 0 Å². The van der Waals surface area contributed by atoms with Gasteiger partial charge in [-0.1, -0.05) is 18.2 Å². The molecule has 0 amide bonds. The summed E-state index contributed by atoms with van der Waals surface area (Å²) in [6, 6.07) is 9.78. The van der Waals surface area contributed by atoms with Gasteiger partial charge in [0.2, 0.25) is 0 Å². The van der Waals surface area contributed by atoms with E-state index in [2.05, 4.69) is 11.1 Å². The average Bonchev–Trinajstić information content (AvgIpc) is 2.51. The first-order valence-corrected chi connectivity index (χ1v) is 6.69. The van der Waals surface area contributed by atoms with E-state index in [1.165, 1.54) is 7.11 Å². The maximum Gasteiger partial charge on any atom is 0.325 e. The van der Waals surface area contributed by atoms with Crippen LogP contribution in [0.5, 0.6) is 0 Å². The van der Waals surface area contributed by atoms with Crippen molar-refractivity contribution in [2.45, 2.75) is 19.9 Å². The minimum absolute atomic E-state index is 0.0435. The number of benzene rings is 1.